The molecule has 3 aliphatic rings. The van der Waals surface area contributed by atoms with Crippen LogP contribution < -0.4 is 9.47 Å². The molecule has 0 unspecified atom stereocenters. The lowest BCUT2D eigenvalue weighted by Crippen LogP contribution is -2.39. The number of amides is 1. The van der Waals surface area contributed by atoms with Gasteiger partial charge in [0, 0.05) is 50.1 Å². The van der Waals surface area contributed by atoms with E-state index in [4.69, 9.17) is 4.74 Å². The highest BCUT2D eigenvalue weighted by Crippen LogP contribution is 2.38. The van der Waals surface area contributed by atoms with Crippen molar-refractivity contribution in [2.75, 3.05) is 26.2 Å². The zero-order valence-corrected chi connectivity index (χ0v) is 18.0. The number of hydrogen-bond donors (Lipinski definition) is 0. The molecule has 2 saturated heterocycles. The van der Waals surface area contributed by atoms with Crippen LogP contribution in [-0.4, -0.2) is 70.4 Å². The third-order valence-corrected chi connectivity index (χ3v) is 6.33. The molecule has 33 heavy (non-hydrogen) atoms. The van der Waals surface area contributed by atoms with Crippen LogP contribution in [0.3, 0.4) is 0 Å². The van der Waals surface area contributed by atoms with Gasteiger partial charge in [0.15, 0.2) is 0 Å². The fourth-order valence-electron chi connectivity index (χ4n) is 4.64. The Kier molecular flexibility index (Phi) is 5.86. The van der Waals surface area contributed by atoms with Gasteiger partial charge in [0.1, 0.15) is 11.9 Å². The maximum atomic E-state index is 13.0. The highest BCUT2D eigenvalue weighted by Gasteiger charge is 2.37. The monoisotopic (exact) mass is 462 g/mol. The van der Waals surface area contributed by atoms with Crippen LogP contribution in [0.1, 0.15) is 47.7 Å². The Hall–Kier alpha value is -2.88. The van der Waals surface area contributed by atoms with Gasteiger partial charge < -0.3 is 14.4 Å². The van der Waals surface area contributed by atoms with Gasteiger partial charge in [0.25, 0.3) is 5.91 Å². The van der Waals surface area contributed by atoms with E-state index >= 15 is 0 Å². The molecule has 0 bridgehead atoms. The van der Waals surface area contributed by atoms with Crippen LogP contribution in [0, 0.1) is 0 Å². The van der Waals surface area contributed by atoms with Crippen molar-refractivity contribution in [1.82, 2.24) is 19.8 Å². The number of alkyl halides is 3. The standard InChI is InChI=1S/C23H25F3N4O3/c24-23(25,26)33-18-4-1-3-16(9-18)22(31)30-8-2-7-29-14-19(10-17(29)13-30)32-21-12-27-20(11-28-21)15-5-6-15/h1,3-4,9,11-12,15,17,19H,2,5-8,10,13-14H2/t17-,19+/m0/s1. The van der Waals surface area contributed by atoms with Crippen molar-refractivity contribution in [1.29, 1.82) is 0 Å². The molecule has 0 N–H and O–H groups in total. The van der Waals surface area contributed by atoms with E-state index in [-0.39, 0.29) is 23.6 Å². The molecule has 3 fully saturated rings. The molecule has 1 saturated carbocycles. The quantitative estimate of drug-likeness (QED) is 0.676. The van der Waals surface area contributed by atoms with Crippen LogP contribution in [-0.2, 0) is 0 Å². The van der Waals surface area contributed by atoms with E-state index in [0.29, 0.717) is 24.9 Å². The van der Waals surface area contributed by atoms with Gasteiger partial charge in [-0.3, -0.25) is 14.7 Å². The molecule has 1 aliphatic carbocycles. The molecule has 2 aromatic rings. The van der Waals surface area contributed by atoms with Gasteiger partial charge in [0.05, 0.1) is 18.1 Å². The summed E-state index contributed by atoms with van der Waals surface area (Å²) in [5, 5.41) is 0. The molecule has 3 heterocycles. The number of ether oxygens (including phenoxy) is 2. The molecule has 1 aromatic carbocycles. The average molecular weight is 462 g/mol. The molecule has 5 rings (SSSR count). The number of carbonyl (C=O) groups is 1. The zero-order chi connectivity index (χ0) is 23.0. The van der Waals surface area contributed by atoms with Crippen molar-refractivity contribution in [2.24, 2.45) is 0 Å². The van der Waals surface area contributed by atoms with Crippen LogP contribution in [0.15, 0.2) is 36.7 Å². The number of rotatable bonds is 5. The predicted octanol–water partition coefficient (Wildman–Crippen LogP) is 3.62. The van der Waals surface area contributed by atoms with Crippen molar-refractivity contribution in [3.05, 3.63) is 47.9 Å². The minimum Gasteiger partial charge on any atom is -0.472 e. The van der Waals surface area contributed by atoms with Gasteiger partial charge >= 0.3 is 6.36 Å². The zero-order valence-electron chi connectivity index (χ0n) is 18.0. The Labute approximate surface area is 189 Å². The summed E-state index contributed by atoms with van der Waals surface area (Å²) in [4.78, 5) is 25.9. The minimum atomic E-state index is -4.80. The van der Waals surface area contributed by atoms with Crippen LogP contribution in [0.25, 0.3) is 0 Å². The van der Waals surface area contributed by atoms with E-state index in [1.165, 1.54) is 31.0 Å². The SMILES string of the molecule is O=C(c1cccc(OC(F)(F)F)c1)N1CCCN2C[C@H](Oc3cnc(C4CC4)cn3)C[C@H]2C1. The third kappa shape index (κ3) is 5.38. The van der Waals surface area contributed by atoms with Gasteiger partial charge in [0.2, 0.25) is 5.88 Å². The van der Waals surface area contributed by atoms with Gasteiger partial charge in [-0.05, 0) is 37.5 Å². The highest BCUT2D eigenvalue weighted by molar-refractivity contribution is 5.94. The Bertz CT molecular complexity index is 997. The molecular formula is C23H25F3N4O3. The van der Waals surface area contributed by atoms with Crippen molar-refractivity contribution in [3.63, 3.8) is 0 Å². The van der Waals surface area contributed by atoms with Crippen molar-refractivity contribution in [3.8, 4) is 11.6 Å². The number of fused-ring (bicyclic) bond motifs is 1. The van der Waals surface area contributed by atoms with E-state index < -0.39 is 12.1 Å². The molecule has 1 aromatic heterocycles. The second-order valence-electron chi connectivity index (χ2n) is 8.86. The van der Waals surface area contributed by atoms with E-state index in [1.807, 2.05) is 0 Å². The van der Waals surface area contributed by atoms with Gasteiger partial charge in [-0.2, -0.15) is 0 Å². The molecule has 2 aliphatic heterocycles. The van der Waals surface area contributed by atoms with Crippen LogP contribution in [0.5, 0.6) is 11.6 Å². The van der Waals surface area contributed by atoms with E-state index in [0.717, 1.165) is 37.7 Å². The Morgan fingerprint density at radius 1 is 1.09 bits per heavy atom. The number of carbonyl (C=O) groups excluding carboxylic acids is 1. The summed E-state index contributed by atoms with van der Waals surface area (Å²) >= 11 is 0. The minimum absolute atomic E-state index is 0.0466. The van der Waals surface area contributed by atoms with Gasteiger partial charge in [-0.15, -0.1) is 13.2 Å². The molecular weight excluding hydrogens is 437 g/mol. The van der Waals surface area contributed by atoms with Crippen molar-refractivity contribution >= 4 is 5.91 Å². The molecule has 176 valence electrons. The second kappa shape index (κ2) is 8.81. The predicted molar refractivity (Wildman–Crippen MR) is 112 cm³/mol. The molecule has 10 heteroatoms. The third-order valence-electron chi connectivity index (χ3n) is 6.33. The largest absolute Gasteiger partial charge is 0.573 e. The van der Waals surface area contributed by atoms with Crippen molar-refractivity contribution < 1.29 is 27.4 Å². The molecule has 0 radical (unpaired) electrons. The topological polar surface area (TPSA) is 67.8 Å². The fourth-order valence-corrected chi connectivity index (χ4v) is 4.64. The summed E-state index contributed by atoms with van der Waals surface area (Å²) in [5.41, 5.74) is 1.20. The van der Waals surface area contributed by atoms with Gasteiger partial charge in [-0.1, -0.05) is 6.07 Å². The second-order valence-corrected chi connectivity index (χ2v) is 8.86. The average Bonchev–Trinajstić information content (AvgIpc) is 3.58. The number of halogens is 3. The number of aromatic nitrogens is 2. The van der Waals surface area contributed by atoms with Crippen molar-refractivity contribution in [2.45, 2.75) is 50.1 Å². The maximum Gasteiger partial charge on any atom is 0.573 e. The fraction of sp³-hybridized carbons (Fsp3) is 0.522. The first-order valence-corrected chi connectivity index (χ1v) is 11.2. The molecule has 1 amide bonds. The first kappa shape index (κ1) is 21.9. The van der Waals surface area contributed by atoms with Crippen LogP contribution in [0.2, 0.25) is 0 Å². The van der Waals surface area contributed by atoms with Crippen LogP contribution >= 0.6 is 0 Å². The Morgan fingerprint density at radius 3 is 2.67 bits per heavy atom. The molecule has 7 nitrogen and oxygen atoms in total. The normalized spacial score (nSPS) is 23.7. The summed E-state index contributed by atoms with van der Waals surface area (Å²) in [6.45, 7) is 2.62. The van der Waals surface area contributed by atoms with E-state index in [2.05, 4.69) is 19.6 Å². The Morgan fingerprint density at radius 2 is 1.94 bits per heavy atom. The first-order valence-electron chi connectivity index (χ1n) is 11.2. The van der Waals surface area contributed by atoms with Crippen LogP contribution in [0.4, 0.5) is 13.2 Å². The number of benzene rings is 1. The summed E-state index contributed by atoms with van der Waals surface area (Å²) < 4.78 is 47.6. The maximum absolute atomic E-state index is 13.0. The first-order chi connectivity index (χ1) is 15.8. The summed E-state index contributed by atoms with van der Waals surface area (Å²) in [6, 6.07) is 5.36. The smallest absolute Gasteiger partial charge is 0.472 e. The lowest BCUT2D eigenvalue weighted by atomic mass is 10.1. The van der Waals surface area contributed by atoms with E-state index in [9.17, 15) is 18.0 Å². The number of hydrogen-bond acceptors (Lipinski definition) is 6. The van der Waals surface area contributed by atoms with Gasteiger partial charge in [-0.25, -0.2) is 4.98 Å². The molecule has 2 atom stereocenters. The Balaban J connectivity index is 1.21. The summed E-state index contributed by atoms with van der Waals surface area (Å²) in [7, 11) is 0. The lowest BCUT2D eigenvalue weighted by molar-refractivity contribution is -0.274. The van der Waals surface area contributed by atoms with E-state index in [1.54, 1.807) is 17.3 Å². The summed E-state index contributed by atoms with van der Waals surface area (Å²) in [6.07, 6.45) is 2.49. The lowest BCUT2D eigenvalue weighted by Gasteiger charge is -2.25. The molecule has 0 spiro atoms. The number of nitrogens with zero attached hydrogens (tertiary/aromatic N) is 4. The summed E-state index contributed by atoms with van der Waals surface area (Å²) in [5.74, 6) is 0.361. The highest BCUT2D eigenvalue weighted by atomic mass is 19.4.